The van der Waals surface area contributed by atoms with E-state index in [0.29, 0.717) is 35.7 Å². The molecule has 0 bridgehead atoms. The first-order chi connectivity index (χ1) is 15.8. The lowest BCUT2D eigenvalue weighted by atomic mass is 10.1. The van der Waals surface area contributed by atoms with Crippen molar-refractivity contribution in [2.45, 2.75) is 20.3 Å². The van der Waals surface area contributed by atoms with E-state index in [9.17, 15) is 9.18 Å². The Morgan fingerprint density at radius 2 is 1.79 bits per heavy atom. The first-order valence-corrected chi connectivity index (χ1v) is 10.4. The zero-order chi connectivity index (χ0) is 24.0. The van der Waals surface area contributed by atoms with Crippen LogP contribution in [0.3, 0.4) is 0 Å². The number of methoxy groups -OCH3 is 2. The van der Waals surface area contributed by atoms with E-state index in [2.05, 4.69) is 20.7 Å². The Morgan fingerprint density at radius 3 is 2.39 bits per heavy atom. The Morgan fingerprint density at radius 1 is 1.09 bits per heavy atom. The maximum Gasteiger partial charge on any atom is 0.258 e. The van der Waals surface area contributed by atoms with E-state index in [4.69, 9.17) is 9.47 Å². The SMILES string of the molecule is COc1ccc(C(=O)NC(=NCCc2c(C)nn(C)c2C)Nc2ccc(F)cc2)cc1OC. The summed E-state index contributed by atoms with van der Waals surface area (Å²) < 4.78 is 25.6. The van der Waals surface area contributed by atoms with Crippen LogP contribution in [0.5, 0.6) is 11.5 Å². The summed E-state index contributed by atoms with van der Waals surface area (Å²) >= 11 is 0. The number of nitrogens with zero attached hydrogens (tertiary/aromatic N) is 3. The van der Waals surface area contributed by atoms with Gasteiger partial charge in [0.2, 0.25) is 5.96 Å². The standard InChI is InChI=1S/C24H28FN5O3/c1-15-20(16(2)30(3)29-15)12-13-26-24(27-19-9-7-18(25)8-10-19)28-23(31)17-6-11-21(32-4)22(14-17)33-5/h6-11,14H,12-13H2,1-5H3,(H2,26,27,28,31). The topological polar surface area (TPSA) is 89.8 Å². The van der Waals surface area contributed by atoms with Crippen LogP contribution in [0.4, 0.5) is 10.1 Å². The number of amides is 1. The number of hydrogen-bond acceptors (Lipinski definition) is 5. The molecule has 33 heavy (non-hydrogen) atoms. The average molecular weight is 454 g/mol. The lowest BCUT2D eigenvalue weighted by Gasteiger charge is -2.13. The largest absolute Gasteiger partial charge is 0.493 e. The molecule has 1 heterocycles. The van der Waals surface area contributed by atoms with Crippen molar-refractivity contribution in [1.82, 2.24) is 15.1 Å². The molecule has 0 radical (unpaired) electrons. The summed E-state index contributed by atoms with van der Waals surface area (Å²) in [4.78, 5) is 17.5. The van der Waals surface area contributed by atoms with Gasteiger partial charge in [0, 0.05) is 30.5 Å². The molecule has 1 aromatic heterocycles. The number of anilines is 1. The van der Waals surface area contributed by atoms with E-state index < -0.39 is 0 Å². The third-order valence-corrected chi connectivity index (χ3v) is 5.28. The first-order valence-electron chi connectivity index (χ1n) is 10.4. The highest BCUT2D eigenvalue weighted by Crippen LogP contribution is 2.27. The number of rotatable bonds is 7. The second-order valence-corrected chi connectivity index (χ2v) is 7.41. The Balaban J connectivity index is 1.80. The van der Waals surface area contributed by atoms with Gasteiger partial charge in [0.15, 0.2) is 11.5 Å². The van der Waals surface area contributed by atoms with E-state index in [-0.39, 0.29) is 17.7 Å². The zero-order valence-corrected chi connectivity index (χ0v) is 19.4. The molecule has 0 aliphatic carbocycles. The molecule has 1 amide bonds. The van der Waals surface area contributed by atoms with Gasteiger partial charge in [-0.05, 0) is 68.3 Å². The number of aliphatic imine (C=N–C) groups is 1. The molecule has 2 N–H and O–H groups in total. The molecular weight excluding hydrogens is 425 g/mol. The summed E-state index contributed by atoms with van der Waals surface area (Å²) in [6.07, 6.45) is 0.659. The first kappa shape index (κ1) is 23.8. The second-order valence-electron chi connectivity index (χ2n) is 7.41. The molecule has 0 saturated heterocycles. The molecule has 8 nitrogen and oxygen atoms in total. The molecule has 0 fully saturated rings. The molecule has 0 saturated carbocycles. The van der Waals surface area contributed by atoms with E-state index in [0.717, 1.165) is 17.0 Å². The van der Waals surface area contributed by atoms with Crippen molar-refractivity contribution >= 4 is 17.6 Å². The second kappa shape index (κ2) is 10.6. The number of ether oxygens (including phenoxy) is 2. The van der Waals surface area contributed by atoms with Crippen LogP contribution in [0.15, 0.2) is 47.5 Å². The smallest absolute Gasteiger partial charge is 0.258 e. The Kier molecular flexibility index (Phi) is 7.66. The molecule has 174 valence electrons. The summed E-state index contributed by atoms with van der Waals surface area (Å²) in [5, 5.41) is 10.3. The molecule has 0 aliphatic heterocycles. The van der Waals surface area contributed by atoms with E-state index in [1.165, 1.54) is 26.4 Å². The van der Waals surface area contributed by atoms with Crippen molar-refractivity contribution in [2.75, 3.05) is 26.1 Å². The monoisotopic (exact) mass is 453 g/mol. The Bertz CT molecular complexity index is 1160. The highest BCUT2D eigenvalue weighted by atomic mass is 19.1. The van der Waals surface area contributed by atoms with Crippen LogP contribution in [-0.4, -0.2) is 42.4 Å². The number of carbonyl (C=O) groups excluding carboxylic acids is 1. The lowest BCUT2D eigenvalue weighted by molar-refractivity contribution is 0.0976. The number of benzene rings is 2. The fourth-order valence-electron chi connectivity index (χ4n) is 3.40. The summed E-state index contributed by atoms with van der Waals surface area (Å²) in [5.41, 5.74) is 4.11. The number of halogens is 1. The molecule has 0 spiro atoms. The fraction of sp³-hybridized carbons (Fsp3) is 0.292. The minimum Gasteiger partial charge on any atom is -0.493 e. The quantitative estimate of drug-likeness (QED) is 0.421. The Labute approximate surface area is 192 Å². The number of guanidine groups is 1. The van der Waals surface area contributed by atoms with Gasteiger partial charge in [0.1, 0.15) is 5.82 Å². The molecule has 2 aromatic carbocycles. The highest BCUT2D eigenvalue weighted by Gasteiger charge is 2.14. The van der Waals surface area contributed by atoms with Crippen LogP contribution >= 0.6 is 0 Å². The third-order valence-electron chi connectivity index (χ3n) is 5.28. The summed E-state index contributed by atoms with van der Waals surface area (Å²) in [7, 11) is 4.94. The third kappa shape index (κ3) is 5.88. The van der Waals surface area contributed by atoms with Gasteiger partial charge in [-0.2, -0.15) is 5.10 Å². The molecule has 3 rings (SSSR count). The van der Waals surface area contributed by atoms with Gasteiger partial charge in [-0.25, -0.2) is 4.39 Å². The minimum absolute atomic E-state index is 0.251. The number of aromatic nitrogens is 2. The van der Waals surface area contributed by atoms with E-state index >= 15 is 0 Å². The van der Waals surface area contributed by atoms with Crippen LogP contribution in [0.25, 0.3) is 0 Å². The zero-order valence-electron chi connectivity index (χ0n) is 19.4. The van der Waals surface area contributed by atoms with Crippen molar-refractivity contribution in [3.8, 4) is 11.5 Å². The minimum atomic E-state index is -0.377. The van der Waals surface area contributed by atoms with Crippen LogP contribution < -0.4 is 20.1 Å². The fourth-order valence-corrected chi connectivity index (χ4v) is 3.40. The van der Waals surface area contributed by atoms with Crippen molar-refractivity contribution in [3.05, 3.63) is 70.8 Å². The van der Waals surface area contributed by atoms with Crippen LogP contribution in [0, 0.1) is 19.7 Å². The number of hydrogen-bond donors (Lipinski definition) is 2. The molecule has 3 aromatic rings. The van der Waals surface area contributed by atoms with Crippen molar-refractivity contribution in [2.24, 2.45) is 12.0 Å². The van der Waals surface area contributed by atoms with Gasteiger partial charge < -0.3 is 14.8 Å². The van der Waals surface area contributed by atoms with Gasteiger partial charge in [0.25, 0.3) is 5.91 Å². The normalized spacial score (nSPS) is 11.3. The van der Waals surface area contributed by atoms with Crippen molar-refractivity contribution in [3.63, 3.8) is 0 Å². The van der Waals surface area contributed by atoms with Gasteiger partial charge in [-0.1, -0.05) is 0 Å². The number of aryl methyl sites for hydroxylation is 2. The maximum absolute atomic E-state index is 13.3. The summed E-state index contributed by atoms with van der Waals surface area (Å²) in [6, 6.07) is 10.7. The molecule has 0 atom stereocenters. The molecule has 0 unspecified atom stereocenters. The van der Waals surface area contributed by atoms with E-state index in [1.807, 2.05) is 25.6 Å². The van der Waals surface area contributed by atoms with Gasteiger partial charge >= 0.3 is 0 Å². The molecular formula is C24H28FN5O3. The summed E-state index contributed by atoms with van der Waals surface area (Å²) in [6.45, 7) is 4.39. The van der Waals surface area contributed by atoms with Crippen LogP contribution in [0.2, 0.25) is 0 Å². The van der Waals surface area contributed by atoms with Crippen molar-refractivity contribution in [1.29, 1.82) is 0 Å². The molecule has 9 heteroatoms. The lowest BCUT2D eigenvalue weighted by Crippen LogP contribution is -2.36. The van der Waals surface area contributed by atoms with Gasteiger partial charge in [-0.15, -0.1) is 0 Å². The average Bonchev–Trinajstić information content (AvgIpc) is 3.05. The number of nitrogens with one attached hydrogen (secondary N) is 2. The van der Waals surface area contributed by atoms with Crippen molar-refractivity contribution < 1.29 is 18.7 Å². The number of carbonyl (C=O) groups is 1. The summed E-state index contributed by atoms with van der Waals surface area (Å²) in [5.74, 6) is 0.488. The van der Waals surface area contributed by atoms with Crippen LogP contribution in [0.1, 0.15) is 27.3 Å². The van der Waals surface area contributed by atoms with Gasteiger partial charge in [0.05, 0.1) is 19.9 Å². The maximum atomic E-state index is 13.3. The Hall–Kier alpha value is -3.88. The predicted octanol–water partition coefficient (Wildman–Crippen LogP) is 3.63. The van der Waals surface area contributed by atoms with Crippen LogP contribution in [-0.2, 0) is 13.5 Å². The van der Waals surface area contributed by atoms with E-state index in [1.54, 1.807) is 30.3 Å². The highest BCUT2D eigenvalue weighted by molar-refractivity contribution is 6.10. The van der Waals surface area contributed by atoms with Gasteiger partial charge in [-0.3, -0.25) is 19.8 Å². The molecule has 0 aliphatic rings. The predicted molar refractivity (Wildman–Crippen MR) is 126 cm³/mol.